The Morgan fingerprint density at radius 2 is 1.89 bits per heavy atom. The van der Waals surface area contributed by atoms with Crippen molar-refractivity contribution in [1.82, 2.24) is 25.6 Å². The van der Waals surface area contributed by atoms with Crippen molar-refractivity contribution < 1.29 is 4.74 Å². The third-order valence-corrected chi connectivity index (χ3v) is 5.83. The fourth-order valence-electron chi connectivity index (χ4n) is 4.50. The molecule has 138 valence electrons. The minimum atomic E-state index is -0.411. The summed E-state index contributed by atoms with van der Waals surface area (Å²) in [6, 6.07) is 10.5. The number of tetrazole rings is 1. The number of ether oxygens (including phenoxy) is 1. The number of benzene rings is 1. The van der Waals surface area contributed by atoms with Gasteiger partial charge in [0.2, 0.25) is 5.82 Å². The molecule has 6 nitrogen and oxygen atoms in total. The van der Waals surface area contributed by atoms with E-state index in [4.69, 9.17) is 9.72 Å². The molecule has 27 heavy (non-hydrogen) atoms. The summed E-state index contributed by atoms with van der Waals surface area (Å²) in [7, 11) is 0. The maximum atomic E-state index is 6.20. The van der Waals surface area contributed by atoms with Crippen LogP contribution >= 0.6 is 0 Å². The van der Waals surface area contributed by atoms with Gasteiger partial charge >= 0.3 is 0 Å². The molecule has 0 bridgehead atoms. The van der Waals surface area contributed by atoms with E-state index in [-0.39, 0.29) is 0 Å². The number of nitrogens with zero attached hydrogens (tertiary/aromatic N) is 4. The minimum absolute atomic E-state index is 0.411. The fraction of sp³-hybridized carbons (Fsp3) is 0.429. The highest BCUT2D eigenvalue weighted by atomic mass is 16.5. The average molecular weight is 361 g/mol. The number of rotatable bonds is 3. The number of nitrogens with one attached hydrogen (secondary N) is 1. The first-order valence-electron chi connectivity index (χ1n) is 9.76. The van der Waals surface area contributed by atoms with Crippen LogP contribution in [0.5, 0.6) is 0 Å². The van der Waals surface area contributed by atoms with Crippen LogP contribution in [0, 0.1) is 0 Å². The molecule has 0 saturated carbocycles. The van der Waals surface area contributed by atoms with Crippen LogP contribution in [0.2, 0.25) is 0 Å². The molecule has 5 rings (SSSR count). The van der Waals surface area contributed by atoms with Gasteiger partial charge in [-0.3, -0.25) is 4.98 Å². The number of pyridine rings is 1. The smallest absolute Gasteiger partial charge is 0.207 e. The normalized spacial score (nSPS) is 22.0. The van der Waals surface area contributed by atoms with Crippen molar-refractivity contribution >= 4 is 0 Å². The lowest BCUT2D eigenvalue weighted by Crippen LogP contribution is -2.25. The first-order valence-corrected chi connectivity index (χ1v) is 9.76. The van der Waals surface area contributed by atoms with Crippen molar-refractivity contribution in [3.05, 3.63) is 47.3 Å². The molecule has 0 spiro atoms. The molecule has 1 N–H and O–H groups in total. The van der Waals surface area contributed by atoms with Crippen LogP contribution in [-0.4, -0.2) is 32.2 Å². The Morgan fingerprint density at radius 1 is 1.04 bits per heavy atom. The number of hydrogen-bond donors (Lipinski definition) is 1. The molecule has 0 radical (unpaired) electrons. The number of hydrogen-bond acceptors (Lipinski definition) is 5. The zero-order chi connectivity index (χ0) is 18.3. The second kappa shape index (κ2) is 6.53. The predicted molar refractivity (Wildman–Crippen MR) is 102 cm³/mol. The third kappa shape index (κ3) is 2.75. The summed E-state index contributed by atoms with van der Waals surface area (Å²) < 4.78 is 6.20. The van der Waals surface area contributed by atoms with Gasteiger partial charge in [-0.1, -0.05) is 30.3 Å². The summed E-state index contributed by atoms with van der Waals surface area (Å²) in [6.07, 6.45) is 6.43. The Morgan fingerprint density at radius 3 is 2.63 bits per heavy atom. The molecule has 2 aliphatic rings. The van der Waals surface area contributed by atoms with Crippen LogP contribution in [0.4, 0.5) is 0 Å². The first kappa shape index (κ1) is 16.6. The van der Waals surface area contributed by atoms with Crippen LogP contribution in [0.3, 0.4) is 0 Å². The molecule has 1 atom stereocenters. The van der Waals surface area contributed by atoms with Crippen LogP contribution in [0.1, 0.15) is 49.6 Å². The zero-order valence-corrected chi connectivity index (χ0v) is 15.5. The van der Waals surface area contributed by atoms with Gasteiger partial charge in [0, 0.05) is 12.3 Å². The highest BCUT2D eigenvalue weighted by Crippen LogP contribution is 2.46. The lowest BCUT2D eigenvalue weighted by molar-refractivity contribution is 0.0135. The monoisotopic (exact) mass is 361 g/mol. The van der Waals surface area contributed by atoms with Crippen LogP contribution in [-0.2, 0) is 23.2 Å². The molecule has 2 aromatic heterocycles. The standard InChI is InChI=1S/C21H23N5O/c1-21(12-7-13-27-21)19-18(20-23-25-26-24-20)17(14-8-3-2-4-9-14)15-10-5-6-11-16(15)22-19/h2-4,8-9H,5-7,10-13H2,1H3,(H,23,24,25,26)/t21-/m1/s1. The molecule has 0 amide bonds. The van der Waals surface area contributed by atoms with Crippen LogP contribution in [0.25, 0.3) is 22.5 Å². The SMILES string of the molecule is C[C@]1(c2nc3c(c(-c4ccccc4)c2-c2nn[nH]n2)CCCC3)CCCO1. The summed E-state index contributed by atoms with van der Waals surface area (Å²) >= 11 is 0. The number of aryl methyl sites for hydroxylation is 1. The van der Waals surface area contributed by atoms with E-state index in [1.54, 1.807) is 0 Å². The molecule has 6 heteroatoms. The number of H-pyrrole nitrogens is 1. The molecular weight excluding hydrogens is 338 g/mol. The maximum absolute atomic E-state index is 6.20. The molecule has 3 aromatic rings. The quantitative estimate of drug-likeness (QED) is 0.767. The molecule has 0 unspecified atom stereocenters. The van der Waals surface area contributed by atoms with E-state index < -0.39 is 5.60 Å². The highest BCUT2D eigenvalue weighted by Gasteiger charge is 2.39. The van der Waals surface area contributed by atoms with Crippen molar-refractivity contribution in [2.24, 2.45) is 0 Å². The molecule has 1 saturated heterocycles. The van der Waals surface area contributed by atoms with E-state index >= 15 is 0 Å². The van der Waals surface area contributed by atoms with Gasteiger partial charge in [0.1, 0.15) is 5.60 Å². The molecule has 1 aromatic carbocycles. The van der Waals surface area contributed by atoms with Gasteiger partial charge in [-0.2, -0.15) is 5.21 Å². The summed E-state index contributed by atoms with van der Waals surface area (Å²) in [5.74, 6) is 0.599. The molecule has 1 fully saturated rings. The molecule has 3 heterocycles. The van der Waals surface area contributed by atoms with Gasteiger partial charge in [0.25, 0.3) is 0 Å². The summed E-state index contributed by atoms with van der Waals surface area (Å²) in [5, 5.41) is 15.1. The van der Waals surface area contributed by atoms with E-state index in [0.717, 1.165) is 43.5 Å². The fourth-order valence-corrected chi connectivity index (χ4v) is 4.50. The summed E-state index contributed by atoms with van der Waals surface area (Å²) in [4.78, 5) is 5.16. The predicted octanol–water partition coefficient (Wildman–Crippen LogP) is 3.83. The zero-order valence-electron chi connectivity index (χ0n) is 15.5. The van der Waals surface area contributed by atoms with E-state index in [9.17, 15) is 0 Å². The average Bonchev–Trinajstić information content (AvgIpc) is 3.40. The molecule has 1 aliphatic heterocycles. The van der Waals surface area contributed by atoms with Crippen LogP contribution in [0.15, 0.2) is 30.3 Å². The maximum Gasteiger partial charge on any atom is 0.207 e. The summed E-state index contributed by atoms with van der Waals surface area (Å²) in [6.45, 7) is 2.91. The Labute approximate surface area is 158 Å². The van der Waals surface area contributed by atoms with Crippen molar-refractivity contribution in [2.75, 3.05) is 6.61 Å². The van der Waals surface area contributed by atoms with Gasteiger partial charge in [-0.05, 0) is 67.4 Å². The van der Waals surface area contributed by atoms with Gasteiger partial charge < -0.3 is 4.74 Å². The first-order chi connectivity index (χ1) is 13.3. The third-order valence-electron chi connectivity index (χ3n) is 5.83. The number of fused-ring (bicyclic) bond motifs is 1. The van der Waals surface area contributed by atoms with Crippen LogP contribution < -0.4 is 0 Å². The number of aromatic nitrogens is 5. The Bertz CT molecular complexity index is 946. The van der Waals surface area contributed by atoms with Gasteiger partial charge in [0.05, 0.1) is 11.3 Å². The number of aromatic amines is 1. The van der Waals surface area contributed by atoms with Gasteiger partial charge in [-0.25, -0.2) is 0 Å². The lowest BCUT2D eigenvalue weighted by Gasteiger charge is -2.30. The van der Waals surface area contributed by atoms with E-state index in [0.29, 0.717) is 5.82 Å². The Kier molecular flexibility index (Phi) is 4.01. The highest BCUT2D eigenvalue weighted by molar-refractivity contribution is 5.85. The second-order valence-electron chi connectivity index (χ2n) is 7.63. The summed E-state index contributed by atoms with van der Waals surface area (Å²) in [5.41, 5.74) is 6.44. The van der Waals surface area contributed by atoms with Gasteiger partial charge in [0.15, 0.2) is 0 Å². The van der Waals surface area contributed by atoms with Crippen molar-refractivity contribution in [3.63, 3.8) is 0 Å². The minimum Gasteiger partial charge on any atom is -0.369 e. The topological polar surface area (TPSA) is 76.6 Å². The van der Waals surface area contributed by atoms with E-state index in [1.807, 2.05) is 6.07 Å². The van der Waals surface area contributed by atoms with E-state index in [2.05, 4.69) is 51.8 Å². The van der Waals surface area contributed by atoms with Crippen molar-refractivity contribution in [3.8, 4) is 22.5 Å². The van der Waals surface area contributed by atoms with Crippen molar-refractivity contribution in [2.45, 2.75) is 51.0 Å². The largest absolute Gasteiger partial charge is 0.369 e. The lowest BCUT2D eigenvalue weighted by atomic mass is 9.82. The Hall–Kier alpha value is -2.60. The molecular formula is C21H23N5O. The van der Waals surface area contributed by atoms with Gasteiger partial charge in [-0.15, -0.1) is 10.2 Å². The van der Waals surface area contributed by atoms with Crippen molar-refractivity contribution in [1.29, 1.82) is 0 Å². The Balaban J connectivity index is 1.87. The molecule has 1 aliphatic carbocycles. The van der Waals surface area contributed by atoms with E-state index in [1.165, 1.54) is 35.2 Å². The second-order valence-corrected chi connectivity index (χ2v) is 7.63.